The van der Waals surface area contributed by atoms with Crippen molar-refractivity contribution >= 4 is 40.3 Å². The molecule has 1 aliphatic heterocycles. The number of aliphatic hydroxyl groups is 1. The molecule has 1 aromatic carbocycles. The third-order valence-electron chi connectivity index (χ3n) is 3.33. The summed E-state index contributed by atoms with van der Waals surface area (Å²) in [5.74, 6) is -0.902. The normalized spacial score (nSPS) is 20.6. The summed E-state index contributed by atoms with van der Waals surface area (Å²) in [7, 11) is 0. The third kappa shape index (κ3) is 1.95. The summed E-state index contributed by atoms with van der Waals surface area (Å²) < 4.78 is 0. The highest BCUT2D eigenvalue weighted by molar-refractivity contribution is 7.08. The van der Waals surface area contributed by atoms with Gasteiger partial charge in [-0.1, -0.05) is 23.7 Å². The van der Waals surface area contributed by atoms with E-state index in [1.807, 2.05) is 0 Å². The van der Waals surface area contributed by atoms with E-state index < -0.39 is 11.5 Å². The van der Waals surface area contributed by atoms with Crippen LogP contribution >= 0.6 is 22.9 Å². The molecule has 1 aromatic heterocycles. The molecular formula is C14H10ClNO3S. The maximum atomic E-state index is 12.1. The molecule has 20 heavy (non-hydrogen) atoms. The summed E-state index contributed by atoms with van der Waals surface area (Å²) >= 11 is 7.38. The summed E-state index contributed by atoms with van der Waals surface area (Å²) in [6, 6.07) is 6.52. The fourth-order valence-corrected chi connectivity index (χ4v) is 3.15. The van der Waals surface area contributed by atoms with Gasteiger partial charge in [-0.3, -0.25) is 9.59 Å². The van der Waals surface area contributed by atoms with E-state index >= 15 is 0 Å². The number of thiophene rings is 1. The predicted octanol–water partition coefficient (Wildman–Crippen LogP) is 2.81. The van der Waals surface area contributed by atoms with E-state index in [9.17, 15) is 14.7 Å². The molecule has 0 fully saturated rings. The monoisotopic (exact) mass is 307 g/mol. The molecule has 2 heterocycles. The lowest BCUT2D eigenvalue weighted by Gasteiger charge is -2.19. The fourth-order valence-electron chi connectivity index (χ4n) is 2.27. The molecule has 6 heteroatoms. The first-order chi connectivity index (χ1) is 9.52. The Kier molecular flexibility index (Phi) is 3.12. The Morgan fingerprint density at radius 3 is 2.90 bits per heavy atom. The Morgan fingerprint density at radius 2 is 2.20 bits per heavy atom. The minimum Gasteiger partial charge on any atom is -0.375 e. The second kappa shape index (κ2) is 4.70. The van der Waals surface area contributed by atoms with Crippen LogP contribution in [-0.4, -0.2) is 16.8 Å². The molecule has 1 atom stereocenters. The zero-order valence-electron chi connectivity index (χ0n) is 10.2. The van der Waals surface area contributed by atoms with Gasteiger partial charge in [0.15, 0.2) is 11.4 Å². The maximum Gasteiger partial charge on any atom is 0.261 e. The van der Waals surface area contributed by atoms with Crippen molar-refractivity contribution in [1.82, 2.24) is 0 Å². The number of rotatable bonds is 3. The van der Waals surface area contributed by atoms with Crippen molar-refractivity contribution in [3.8, 4) is 0 Å². The number of ketones is 1. The number of para-hydroxylation sites is 1. The number of hydrogen-bond acceptors (Lipinski definition) is 4. The Balaban J connectivity index is 1.99. The number of Topliss-reactive ketones (excluding diaryl/α,β-unsaturated/α-hetero) is 1. The number of hydrogen-bond donors (Lipinski definition) is 2. The summed E-state index contributed by atoms with van der Waals surface area (Å²) in [6.07, 6.45) is -0.303. The van der Waals surface area contributed by atoms with Gasteiger partial charge in [0.25, 0.3) is 5.91 Å². The first-order valence-electron chi connectivity index (χ1n) is 5.90. The molecule has 0 saturated heterocycles. The second-order valence-corrected chi connectivity index (χ2v) is 5.78. The Labute approximate surface area is 124 Å². The minimum absolute atomic E-state index is 0.281. The van der Waals surface area contributed by atoms with Crippen molar-refractivity contribution in [2.75, 3.05) is 5.32 Å². The molecule has 2 N–H and O–H groups in total. The van der Waals surface area contributed by atoms with Crippen molar-refractivity contribution in [1.29, 1.82) is 0 Å². The van der Waals surface area contributed by atoms with Crippen LogP contribution in [0.25, 0.3) is 0 Å². The SMILES string of the molecule is O=C(CC1(O)C(=O)Nc2c(Cl)cccc21)c1ccsc1. The number of halogens is 1. The molecule has 0 radical (unpaired) electrons. The van der Waals surface area contributed by atoms with E-state index in [1.165, 1.54) is 11.3 Å². The zero-order valence-corrected chi connectivity index (χ0v) is 11.8. The molecule has 4 nitrogen and oxygen atoms in total. The topological polar surface area (TPSA) is 66.4 Å². The van der Waals surface area contributed by atoms with Gasteiger partial charge in [0.2, 0.25) is 0 Å². The highest BCUT2D eigenvalue weighted by Crippen LogP contribution is 2.42. The number of benzene rings is 1. The predicted molar refractivity (Wildman–Crippen MR) is 77.2 cm³/mol. The number of anilines is 1. The zero-order chi connectivity index (χ0) is 14.3. The van der Waals surface area contributed by atoms with Gasteiger partial charge in [0.05, 0.1) is 17.1 Å². The number of nitrogens with one attached hydrogen (secondary N) is 1. The van der Waals surface area contributed by atoms with Crippen LogP contribution in [0.2, 0.25) is 5.02 Å². The van der Waals surface area contributed by atoms with E-state index in [0.29, 0.717) is 21.8 Å². The summed E-state index contributed by atoms with van der Waals surface area (Å²) in [5.41, 5.74) is -0.649. The van der Waals surface area contributed by atoms with Crippen LogP contribution < -0.4 is 5.32 Å². The van der Waals surface area contributed by atoms with Crippen molar-refractivity contribution < 1.29 is 14.7 Å². The van der Waals surface area contributed by atoms with E-state index in [0.717, 1.165) is 0 Å². The number of carbonyl (C=O) groups excluding carboxylic acids is 2. The van der Waals surface area contributed by atoms with Crippen LogP contribution in [-0.2, 0) is 10.4 Å². The molecule has 2 aromatic rings. The van der Waals surface area contributed by atoms with Crippen LogP contribution in [0, 0.1) is 0 Å². The highest BCUT2D eigenvalue weighted by Gasteiger charge is 2.47. The average molecular weight is 308 g/mol. The first kappa shape index (κ1) is 13.3. The molecular weight excluding hydrogens is 298 g/mol. The third-order valence-corrected chi connectivity index (χ3v) is 4.33. The number of amides is 1. The number of carbonyl (C=O) groups is 2. The van der Waals surface area contributed by atoms with E-state index in [4.69, 9.17) is 11.6 Å². The van der Waals surface area contributed by atoms with Gasteiger partial charge in [-0.25, -0.2) is 0 Å². The molecule has 0 saturated carbocycles. The van der Waals surface area contributed by atoms with E-state index in [2.05, 4.69) is 5.32 Å². The molecule has 1 aliphatic rings. The van der Waals surface area contributed by atoms with Crippen molar-refractivity contribution in [3.05, 3.63) is 51.2 Å². The quantitative estimate of drug-likeness (QED) is 0.857. The Bertz CT molecular complexity index is 698. The van der Waals surface area contributed by atoms with Gasteiger partial charge < -0.3 is 10.4 Å². The van der Waals surface area contributed by atoms with Crippen LogP contribution in [0.5, 0.6) is 0 Å². The lowest BCUT2D eigenvalue weighted by Crippen LogP contribution is -2.36. The van der Waals surface area contributed by atoms with Gasteiger partial charge in [0.1, 0.15) is 0 Å². The van der Waals surface area contributed by atoms with Gasteiger partial charge in [-0.05, 0) is 17.5 Å². The lowest BCUT2D eigenvalue weighted by molar-refractivity contribution is -0.133. The molecule has 1 amide bonds. The van der Waals surface area contributed by atoms with E-state index in [1.54, 1.807) is 35.0 Å². The Morgan fingerprint density at radius 1 is 1.40 bits per heavy atom. The highest BCUT2D eigenvalue weighted by atomic mass is 35.5. The largest absolute Gasteiger partial charge is 0.375 e. The van der Waals surface area contributed by atoms with Crippen LogP contribution in [0.4, 0.5) is 5.69 Å². The average Bonchev–Trinajstić information content (AvgIpc) is 3.01. The standard InChI is InChI=1S/C14H10ClNO3S/c15-10-3-1-2-9-12(10)16-13(18)14(9,19)6-11(17)8-4-5-20-7-8/h1-5,7,19H,6H2,(H,16,18). The molecule has 1 unspecified atom stereocenters. The smallest absolute Gasteiger partial charge is 0.261 e. The summed E-state index contributed by atoms with van der Waals surface area (Å²) in [4.78, 5) is 24.2. The van der Waals surface area contributed by atoms with Gasteiger partial charge in [-0.2, -0.15) is 11.3 Å². The molecule has 0 spiro atoms. The second-order valence-electron chi connectivity index (χ2n) is 4.59. The van der Waals surface area contributed by atoms with Crippen molar-refractivity contribution in [2.45, 2.75) is 12.0 Å². The lowest BCUT2D eigenvalue weighted by atomic mass is 9.88. The number of fused-ring (bicyclic) bond motifs is 1. The molecule has 0 bridgehead atoms. The Hall–Kier alpha value is -1.69. The van der Waals surface area contributed by atoms with Gasteiger partial charge in [0, 0.05) is 16.5 Å². The van der Waals surface area contributed by atoms with Crippen LogP contribution in [0.1, 0.15) is 22.3 Å². The molecule has 102 valence electrons. The van der Waals surface area contributed by atoms with E-state index in [-0.39, 0.29) is 12.2 Å². The van der Waals surface area contributed by atoms with Gasteiger partial charge in [-0.15, -0.1) is 0 Å². The summed E-state index contributed by atoms with van der Waals surface area (Å²) in [6.45, 7) is 0. The van der Waals surface area contributed by atoms with Crippen LogP contribution in [0.15, 0.2) is 35.0 Å². The minimum atomic E-state index is -1.86. The van der Waals surface area contributed by atoms with Crippen LogP contribution in [0.3, 0.4) is 0 Å². The van der Waals surface area contributed by atoms with Crippen molar-refractivity contribution in [2.24, 2.45) is 0 Å². The fraction of sp³-hybridized carbons (Fsp3) is 0.143. The van der Waals surface area contributed by atoms with Crippen molar-refractivity contribution in [3.63, 3.8) is 0 Å². The molecule has 3 rings (SSSR count). The molecule has 0 aliphatic carbocycles. The summed E-state index contributed by atoms with van der Waals surface area (Å²) in [5, 5.41) is 17.0. The van der Waals surface area contributed by atoms with Gasteiger partial charge >= 0.3 is 0 Å². The first-order valence-corrected chi connectivity index (χ1v) is 7.22. The maximum absolute atomic E-state index is 12.1.